The first kappa shape index (κ1) is 21.9. The van der Waals surface area contributed by atoms with Crippen molar-refractivity contribution >= 4 is 11.8 Å². The fraction of sp³-hybridized carbons (Fsp3) is 0.261. The van der Waals surface area contributed by atoms with Crippen molar-refractivity contribution in [2.75, 3.05) is 20.2 Å². The van der Waals surface area contributed by atoms with Gasteiger partial charge in [-0.3, -0.25) is 9.59 Å². The first-order valence-corrected chi connectivity index (χ1v) is 9.83. The smallest absolute Gasteiger partial charge is 0.251 e. The SMILES string of the molecule is COc1cccc(C(=O)NCCNC(=O)c2cccc(OCc3c(C)noc3C)c2)c1. The molecule has 0 bridgehead atoms. The lowest BCUT2D eigenvalue weighted by Gasteiger charge is -2.10. The summed E-state index contributed by atoms with van der Waals surface area (Å²) in [5, 5.41) is 9.45. The Morgan fingerprint density at radius 3 is 2.06 bits per heavy atom. The number of hydrogen-bond acceptors (Lipinski definition) is 6. The van der Waals surface area contributed by atoms with Gasteiger partial charge in [-0.15, -0.1) is 0 Å². The number of nitrogens with zero attached hydrogens (tertiary/aromatic N) is 1. The maximum Gasteiger partial charge on any atom is 0.251 e. The highest BCUT2D eigenvalue weighted by Gasteiger charge is 2.11. The molecular weight excluding hydrogens is 398 g/mol. The molecule has 2 aromatic carbocycles. The van der Waals surface area contributed by atoms with E-state index in [0.717, 1.165) is 11.3 Å². The first-order valence-electron chi connectivity index (χ1n) is 9.83. The van der Waals surface area contributed by atoms with Gasteiger partial charge >= 0.3 is 0 Å². The highest BCUT2D eigenvalue weighted by Crippen LogP contribution is 2.18. The number of carbonyl (C=O) groups is 2. The molecule has 0 aliphatic heterocycles. The van der Waals surface area contributed by atoms with Crippen LogP contribution in [-0.2, 0) is 6.61 Å². The van der Waals surface area contributed by atoms with Gasteiger partial charge in [0.05, 0.1) is 18.4 Å². The minimum atomic E-state index is -0.251. The zero-order valence-corrected chi connectivity index (χ0v) is 17.7. The monoisotopic (exact) mass is 423 g/mol. The Kier molecular flexibility index (Phi) is 7.26. The summed E-state index contributed by atoms with van der Waals surface area (Å²) in [6.45, 7) is 4.58. The summed E-state index contributed by atoms with van der Waals surface area (Å²) >= 11 is 0. The summed E-state index contributed by atoms with van der Waals surface area (Å²) in [5.41, 5.74) is 2.63. The molecular formula is C23H25N3O5. The van der Waals surface area contributed by atoms with E-state index in [1.54, 1.807) is 55.6 Å². The molecule has 0 saturated carbocycles. The molecule has 8 heteroatoms. The van der Waals surface area contributed by atoms with Gasteiger partial charge in [-0.1, -0.05) is 17.3 Å². The normalized spacial score (nSPS) is 10.4. The molecule has 0 fully saturated rings. The van der Waals surface area contributed by atoms with Crippen molar-refractivity contribution in [1.82, 2.24) is 15.8 Å². The lowest BCUT2D eigenvalue weighted by molar-refractivity contribution is 0.0927. The Bertz CT molecular complexity index is 1040. The number of aromatic nitrogens is 1. The van der Waals surface area contributed by atoms with Crippen LogP contribution in [0.15, 0.2) is 53.1 Å². The Labute approximate surface area is 180 Å². The quantitative estimate of drug-likeness (QED) is 0.513. The van der Waals surface area contributed by atoms with Gasteiger partial charge in [-0.25, -0.2) is 0 Å². The number of amides is 2. The first-order chi connectivity index (χ1) is 15.0. The summed E-state index contributed by atoms with van der Waals surface area (Å²) in [7, 11) is 1.54. The van der Waals surface area contributed by atoms with Crippen molar-refractivity contribution in [2.45, 2.75) is 20.5 Å². The van der Waals surface area contributed by atoms with E-state index in [-0.39, 0.29) is 11.8 Å². The molecule has 2 N–H and O–H groups in total. The van der Waals surface area contributed by atoms with Gasteiger partial charge in [0.2, 0.25) is 0 Å². The molecule has 0 radical (unpaired) electrons. The van der Waals surface area contributed by atoms with Crippen molar-refractivity contribution in [3.8, 4) is 11.5 Å². The third kappa shape index (κ3) is 5.85. The molecule has 3 aromatic rings. The van der Waals surface area contributed by atoms with Crippen LogP contribution in [0.25, 0.3) is 0 Å². The number of rotatable bonds is 9. The van der Waals surface area contributed by atoms with Gasteiger partial charge in [0.15, 0.2) is 0 Å². The lowest BCUT2D eigenvalue weighted by Crippen LogP contribution is -2.34. The van der Waals surface area contributed by atoms with Crippen molar-refractivity contribution in [3.05, 3.63) is 76.7 Å². The molecule has 31 heavy (non-hydrogen) atoms. The molecule has 0 unspecified atom stereocenters. The number of aryl methyl sites for hydroxylation is 2. The maximum absolute atomic E-state index is 12.4. The largest absolute Gasteiger partial charge is 0.497 e. The fourth-order valence-electron chi connectivity index (χ4n) is 2.91. The number of benzene rings is 2. The Hall–Kier alpha value is -3.81. The predicted octanol–water partition coefficient (Wildman–Crippen LogP) is 3.04. The maximum atomic E-state index is 12.4. The zero-order chi connectivity index (χ0) is 22.2. The second-order valence-corrected chi connectivity index (χ2v) is 6.86. The molecule has 162 valence electrons. The summed E-state index contributed by atoms with van der Waals surface area (Å²) in [5.74, 6) is 1.40. The zero-order valence-electron chi connectivity index (χ0n) is 17.7. The number of nitrogens with one attached hydrogen (secondary N) is 2. The number of ether oxygens (including phenoxy) is 2. The van der Waals surface area contributed by atoms with Gasteiger partial charge in [0.1, 0.15) is 23.9 Å². The molecule has 3 rings (SSSR count). The van der Waals surface area contributed by atoms with E-state index in [2.05, 4.69) is 15.8 Å². The minimum absolute atomic E-state index is 0.233. The van der Waals surface area contributed by atoms with E-state index >= 15 is 0 Å². The molecule has 1 heterocycles. The van der Waals surface area contributed by atoms with Crippen LogP contribution in [-0.4, -0.2) is 37.2 Å². The topological polar surface area (TPSA) is 103 Å². The van der Waals surface area contributed by atoms with E-state index in [1.165, 1.54) is 0 Å². The average Bonchev–Trinajstić information content (AvgIpc) is 3.12. The number of hydrogen-bond donors (Lipinski definition) is 2. The lowest BCUT2D eigenvalue weighted by atomic mass is 10.2. The third-order valence-corrected chi connectivity index (χ3v) is 4.69. The molecule has 0 aliphatic carbocycles. The number of methoxy groups -OCH3 is 1. The molecule has 0 aliphatic rings. The highest BCUT2D eigenvalue weighted by atomic mass is 16.5. The fourth-order valence-corrected chi connectivity index (χ4v) is 2.91. The van der Waals surface area contributed by atoms with Crippen LogP contribution >= 0.6 is 0 Å². The number of carbonyl (C=O) groups excluding carboxylic acids is 2. The Balaban J connectivity index is 1.47. The van der Waals surface area contributed by atoms with Crippen LogP contribution in [0.2, 0.25) is 0 Å². The molecule has 0 spiro atoms. The van der Waals surface area contributed by atoms with Gasteiger partial charge in [-0.05, 0) is 50.2 Å². The van der Waals surface area contributed by atoms with Gasteiger partial charge < -0.3 is 24.6 Å². The summed E-state index contributed by atoms with van der Waals surface area (Å²) in [6, 6.07) is 13.8. The second-order valence-electron chi connectivity index (χ2n) is 6.86. The molecule has 2 amide bonds. The van der Waals surface area contributed by atoms with E-state index in [9.17, 15) is 9.59 Å². The van der Waals surface area contributed by atoms with E-state index in [0.29, 0.717) is 48.1 Å². The third-order valence-electron chi connectivity index (χ3n) is 4.69. The second kappa shape index (κ2) is 10.3. The van der Waals surface area contributed by atoms with Crippen molar-refractivity contribution in [2.24, 2.45) is 0 Å². The molecule has 0 saturated heterocycles. The van der Waals surface area contributed by atoms with Crippen LogP contribution in [0.3, 0.4) is 0 Å². The van der Waals surface area contributed by atoms with E-state index < -0.39 is 0 Å². The Morgan fingerprint density at radius 2 is 1.52 bits per heavy atom. The minimum Gasteiger partial charge on any atom is -0.497 e. The van der Waals surface area contributed by atoms with Crippen molar-refractivity contribution < 1.29 is 23.6 Å². The average molecular weight is 423 g/mol. The predicted molar refractivity (Wildman–Crippen MR) is 114 cm³/mol. The standard InChI is InChI=1S/C23H25N3O5/c1-15-21(16(2)31-26-15)14-30-20-9-5-7-18(13-20)23(28)25-11-10-24-22(27)17-6-4-8-19(12-17)29-3/h4-9,12-13H,10-11,14H2,1-3H3,(H,24,27)(H,25,28). The van der Waals surface area contributed by atoms with Gasteiger partial charge in [0, 0.05) is 24.2 Å². The van der Waals surface area contributed by atoms with Crippen molar-refractivity contribution in [1.29, 1.82) is 0 Å². The van der Waals surface area contributed by atoms with Crippen LogP contribution in [0.1, 0.15) is 37.7 Å². The van der Waals surface area contributed by atoms with Crippen LogP contribution in [0.5, 0.6) is 11.5 Å². The molecule has 8 nitrogen and oxygen atoms in total. The Morgan fingerprint density at radius 1 is 0.935 bits per heavy atom. The van der Waals surface area contributed by atoms with Crippen LogP contribution < -0.4 is 20.1 Å². The van der Waals surface area contributed by atoms with Crippen LogP contribution in [0.4, 0.5) is 0 Å². The summed E-state index contributed by atoms with van der Waals surface area (Å²) in [6.07, 6.45) is 0. The molecule has 1 aromatic heterocycles. The van der Waals surface area contributed by atoms with Crippen molar-refractivity contribution in [3.63, 3.8) is 0 Å². The van der Waals surface area contributed by atoms with Gasteiger partial charge in [0.25, 0.3) is 11.8 Å². The van der Waals surface area contributed by atoms with E-state index in [4.69, 9.17) is 14.0 Å². The summed E-state index contributed by atoms with van der Waals surface area (Å²) in [4.78, 5) is 24.6. The van der Waals surface area contributed by atoms with Gasteiger partial charge in [-0.2, -0.15) is 0 Å². The van der Waals surface area contributed by atoms with Crippen LogP contribution in [0, 0.1) is 13.8 Å². The summed E-state index contributed by atoms with van der Waals surface area (Å²) < 4.78 is 16.0. The molecule has 0 atom stereocenters. The highest BCUT2D eigenvalue weighted by molar-refractivity contribution is 5.95. The van der Waals surface area contributed by atoms with E-state index in [1.807, 2.05) is 13.8 Å².